The van der Waals surface area contributed by atoms with Crippen LogP contribution >= 0.6 is 0 Å². The molecule has 0 aromatic carbocycles. The summed E-state index contributed by atoms with van der Waals surface area (Å²) >= 11 is 0. The molecule has 0 bridgehead atoms. The fourth-order valence-corrected chi connectivity index (χ4v) is 2.01. The largest absolute Gasteiger partial charge is 0.481 e. The number of urea groups is 1. The molecule has 0 fully saturated rings. The van der Waals surface area contributed by atoms with Gasteiger partial charge in [-0.1, -0.05) is 19.8 Å². The van der Waals surface area contributed by atoms with Crippen molar-refractivity contribution in [1.82, 2.24) is 10.2 Å². The van der Waals surface area contributed by atoms with Crippen molar-refractivity contribution in [2.45, 2.75) is 45.4 Å². The summed E-state index contributed by atoms with van der Waals surface area (Å²) in [7, 11) is 1.65. The average molecular weight is 283 g/mol. The minimum atomic E-state index is -0.772. The van der Waals surface area contributed by atoms with Crippen LogP contribution in [0.3, 0.4) is 0 Å². The van der Waals surface area contributed by atoms with E-state index in [2.05, 4.69) is 12.2 Å². The van der Waals surface area contributed by atoms with E-state index in [1.54, 1.807) is 7.05 Å². The van der Waals surface area contributed by atoms with Crippen molar-refractivity contribution in [1.29, 1.82) is 5.26 Å². The van der Waals surface area contributed by atoms with Gasteiger partial charge in [-0.25, -0.2) is 4.79 Å². The smallest absolute Gasteiger partial charge is 0.317 e. The number of hydrogen-bond donors (Lipinski definition) is 2. The number of rotatable bonds is 10. The molecule has 0 heterocycles. The van der Waals surface area contributed by atoms with Gasteiger partial charge in [0.1, 0.15) is 0 Å². The average Bonchev–Trinajstić information content (AvgIpc) is 2.41. The molecule has 2 N–H and O–H groups in total. The Labute approximate surface area is 120 Å². The Morgan fingerprint density at radius 3 is 2.60 bits per heavy atom. The summed E-state index contributed by atoms with van der Waals surface area (Å²) < 4.78 is 0. The summed E-state index contributed by atoms with van der Waals surface area (Å²) in [6, 6.07) is 1.81. The molecule has 0 radical (unpaired) electrons. The van der Waals surface area contributed by atoms with E-state index < -0.39 is 5.97 Å². The molecule has 1 unspecified atom stereocenters. The molecule has 0 rings (SSSR count). The summed E-state index contributed by atoms with van der Waals surface area (Å²) in [5, 5.41) is 19.9. The van der Waals surface area contributed by atoms with Crippen LogP contribution in [0.2, 0.25) is 0 Å². The third kappa shape index (κ3) is 9.20. The lowest BCUT2D eigenvalue weighted by molar-refractivity contribution is -0.137. The zero-order valence-corrected chi connectivity index (χ0v) is 12.4. The molecule has 0 spiro atoms. The molecule has 0 aliphatic rings. The molecular formula is C14H25N3O3. The number of carbonyl (C=O) groups excluding carboxylic acids is 1. The summed E-state index contributed by atoms with van der Waals surface area (Å²) in [5.41, 5.74) is 0. The van der Waals surface area contributed by atoms with E-state index in [1.165, 1.54) is 4.90 Å². The maximum Gasteiger partial charge on any atom is 0.317 e. The van der Waals surface area contributed by atoms with Crippen molar-refractivity contribution in [3.8, 4) is 6.07 Å². The van der Waals surface area contributed by atoms with Gasteiger partial charge in [0, 0.05) is 26.6 Å². The lowest BCUT2D eigenvalue weighted by Crippen LogP contribution is -2.38. The van der Waals surface area contributed by atoms with E-state index >= 15 is 0 Å². The van der Waals surface area contributed by atoms with E-state index in [9.17, 15) is 9.59 Å². The molecule has 114 valence electrons. The number of nitrogens with one attached hydrogen (secondary N) is 1. The SMILES string of the molecule is CCCC(CCNC(=O)N(C)CCC#N)CCC(=O)O. The van der Waals surface area contributed by atoms with E-state index in [-0.39, 0.29) is 12.5 Å². The Morgan fingerprint density at radius 2 is 2.05 bits per heavy atom. The predicted octanol–water partition coefficient (Wildman–Crippen LogP) is 2.21. The van der Waals surface area contributed by atoms with Crippen LogP contribution < -0.4 is 5.32 Å². The zero-order valence-electron chi connectivity index (χ0n) is 12.4. The number of nitriles is 1. The topological polar surface area (TPSA) is 93.4 Å². The minimum absolute atomic E-state index is 0.181. The monoisotopic (exact) mass is 283 g/mol. The third-order valence-electron chi connectivity index (χ3n) is 3.20. The van der Waals surface area contributed by atoms with Gasteiger partial charge in [0.2, 0.25) is 0 Å². The van der Waals surface area contributed by atoms with Crippen LogP contribution in [0.4, 0.5) is 4.79 Å². The fourth-order valence-electron chi connectivity index (χ4n) is 2.01. The van der Waals surface area contributed by atoms with Crippen molar-refractivity contribution in [3.63, 3.8) is 0 Å². The molecule has 6 nitrogen and oxygen atoms in total. The van der Waals surface area contributed by atoms with Crippen molar-refractivity contribution < 1.29 is 14.7 Å². The quantitative estimate of drug-likeness (QED) is 0.642. The second-order valence-electron chi connectivity index (χ2n) is 4.94. The van der Waals surface area contributed by atoms with Gasteiger partial charge in [0.25, 0.3) is 0 Å². The normalized spacial score (nSPS) is 11.4. The highest BCUT2D eigenvalue weighted by Gasteiger charge is 2.12. The molecule has 0 aliphatic carbocycles. The van der Waals surface area contributed by atoms with Crippen molar-refractivity contribution in [3.05, 3.63) is 0 Å². The number of amides is 2. The number of hydrogen-bond acceptors (Lipinski definition) is 3. The molecule has 0 saturated heterocycles. The van der Waals surface area contributed by atoms with Gasteiger partial charge in [-0.15, -0.1) is 0 Å². The Morgan fingerprint density at radius 1 is 1.35 bits per heavy atom. The Hall–Kier alpha value is -1.77. The minimum Gasteiger partial charge on any atom is -0.481 e. The first-order valence-electron chi connectivity index (χ1n) is 7.09. The van der Waals surface area contributed by atoms with Crippen LogP contribution in [-0.4, -0.2) is 42.1 Å². The van der Waals surface area contributed by atoms with Crippen LogP contribution in [0, 0.1) is 17.2 Å². The number of aliphatic carboxylic acids is 1. The summed E-state index contributed by atoms with van der Waals surface area (Å²) in [5.74, 6) is -0.438. The van der Waals surface area contributed by atoms with Gasteiger partial charge in [-0.3, -0.25) is 4.79 Å². The van der Waals surface area contributed by atoms with Crippen LogP contribution in [0.25, 0.3) is 0 Å². The Balaban J connectivity index is 3.94. The van der Waals surface area contributed by atoms with Crippen molar-refractivity contribution >= 4 is 12.0 Å². The summed E-state index contributed by atoms with van der Waals surface area (Å²) in [4.78, 5) is 23.7. The summed E-state index contributed by atoms with van der Waals surface area (Å²) in [6.45, 7) is 3.03. The fraction of sp³-hybridized carbons (Fsp3) is 0.786. The maximum atomic E-state index is 11.7. The number of carbonyl (C=O) groups is 2. The van der Waals surface area contributed by atoms with E-state index in [0.717, 1.165) is 19.3 Å². The number of carboxylic acids is 1. The van der Waals surface area contributed by atoms with E-state index in [0.29, 0.717) is 31.8 Å². The first-order chi connectivity index (χ1) is 9.51. The first-order valence-corrected chi connectivity index (χ1v) is 7.09. The molecule has 0 aromatic heterocycles. The van der Waals surface area contributed by atoms with Gasteiger partial charge in [0.05, 0.1) is 12.5 Å². The Bertz CT molecular complexity index is 339. The summed E-state index contributed by atoms with van der Waals surface area (Å²) in [6.07, 6.45) is 3.94. The lowest BCUT2D eigenvalue weighted by atomic mass is 9.94. The standard InChI is InChI=1S/C14H25N3O3/c1-3-5-12(6-7-13(18)19)8-10-16-14(20)17(2)11-4-9-15/h12H,3-8,10-11H2,1-2H3,(H,16,20)(H,18,19). The molecule has 2 amide bonds. The second-order valence-corrected chi connectivity index (χ2v) is 4.94. The third-order valence-corrected chi connectivity index (χ3v) is 3.20. The van der Waals surface area contributed by atoms with Crippen molar-refractivity contribution in [2.24, 2.45) is 5.92 Å². The zero-order chi connectivity index (χ0) is 15.4. The van der Waals surface area contributed by atoms with Gasteiger partial charge < -0.3 is 15.3 Å². The van der Waals surface area contributed by atoms with Crippen LogP contribution in [0.1, 0.15) is 45.4 Å². The highest BCUT2D eigenvalue weighted by molar-refractivity contribution is 5.73. The maximum absolute atomic E-state index is 11.7. The second kappa shape index (κ2) is 11.1. The molecule has 6 heteroatoms. The van der Waals surface area contributed by atoms with Crippen LogP contribution in [0.15, 0.2) is 0 Å². The lowest BCUT2D eigenvalue weighted by Gasteiger charge is -2.19. The van der Waals surface area contributed by atoms with E-state index in [4.69, 9.17) is 10.4 Å². The van der Waals surface area contributed by atoms with Crippen molar-refractivity contribution in [2.75, 3.05) is 20.1 Å². The molecule has 20 heavy (non-hydrogen) atoms. The molecule has 1 atom stereocenters. The van der Waals surface area contributed by atoms with Gasteiger partial charge in [-0.05, 0) is 18.8 Å². The van der Waals surface area contributed by atoms with Gasteiger partial charge in [-0.2, -0.15) is 5.26 Å². The van der Waals surface area contributed by atoms with Gasteiger partial charge >= 0.3 is 12.0 Å². The number of nitrogens with zero attached hydrogens (tertiary/aromatic N) is 2. The highest BCUT2D eigenvalue weighted by atomic mass is 16.4. The predicted molar refractivity (Wildman–Crippen MR) is 76.1 cm³/mol. The van der Waals surface area contributed by atoms with Gasteiger partial charge in [0.15, 0.2) is 0 Å². The first kappa shape index (κ1) is 18.2. The van der Waals surface area contributed by atoms with E-state index in [1.807, 2.05) is 6.07 Å². The van der Waals surface area contributed by atoms with Crippen LogP contribution in [-0.2, 0) is 4.79 Å². The van der Waals surface area contributed by atoms with Crippen LogP contribution in [0.5, 0.6) is 0 Å². The number of carboxylic acid groups (broad SMARTS) is 1. The Kier molecular flexibility index (Phi) is 10.1. The molecule has 0 aromatic rings. The highest BCUT2D eigenvalue weighted by Crippen LogP contribution is 2.17. The molecular weight excluding hydrogens is 258 g/mol. The molecule has 0 aliphatic heterocycles. The molecule has 0 saturated carbocycles.